The smallest absolute Gasteiger partial charge is 0.123 e. The Labute approximate surface area is 82.6 Å². The molecule has 1 heterocycles. The Morgan fingerprint density at radius 3 is 2.93 bits per heavy atom. The number of fused-ring (bicyclic) bond motifs is 1. The first-order valence-electron chi connectivity index (χ1n) is 4.52. The monoisotopic (exact) mass is 185 g/mol. The van der Waals surface area contributed by atoms with Crippen LogP contribution in [0.5, 0.6) is 0 Å². The normalized spacial score (nSPS) is 10.4. The number of nitrogens with zero attached hydrogens (tertiary/aromatic N) is 3. The minimum Gasteiger partial charge on any atom is -0.330 e. The van der Waals surface area contributed by atoms with Crippen LogP contribution in [0.4, 0.5) is 0 Å². The van der Waals surface area contributed by atoms with Gasteiger partial charge in [0.25, 0.3) is 0 Å². The van der Waals surface area contributed by atoms with E-state index in [0.29, 0.717) is 6.42 Å². The van der Waals surface area contributed by atoms with Crippen molar-refractivity contribution in [2.45, 2.75) is 13.3 Å². The van der Waals surface area contributed by atoms with Crippen LogP contribution in [0.2, 0.25) is 0 Å². The highest BCUT2D eigenvalue weighted by Gasteiger charge is 2.08. The van der Waals surface area contributed by atoms with Crippen molar-refractivity contribution in [2.24, 2.45) is 7.05 Å². The molecule has 0 amide bonds. The minimum absolute atomic E-state index is 0.366. The lowest BCUT2D eigenvalue weighted by atomic mass is 10.2. The van der Waals surface area contributed by atoms with Crippen LogP contribution in [0.15, 0.2) is 18.2 Å². The van der Waals surface area contributed by atoms with Crippen molar-refractivity contribution < 1.29 is 0 Å². The molecule has 0 aliphatic rings. The Hall–Kier alpha value is -1.82. The Morgan fingerprint density at radius 2 is 2.29 bits per heavy atom. The molecule has 0 saturated heterocycles. The standard InChI is InChI=1S/C11H11N3/c1-8-4-3-5-9-11(8)14(2)10(13-9)6-7-12/h3-5H,6H2,1-2H3. The summed E-state index contributed by atoms with van der Waals surface area (Å²) in [5.41, 5.74) is 3.29. The van der Waals surface area contributed by atoms with E-state index in [4.69, 9.17) is 5.26 Å². The van der Waals surface area contributed by atoms with Gasteiger partial charge in [0.15, 0.2) is 0 Å². The highest BCUT2D eigenvalue weighted by atomic mass is 15.1. The summed E-state index contributed by atoms with van der Waals surface area (Å²) in [6, 6.07) is 8.14. The first kappa shape index (κ1) is 8.76. The maximum atomic E-state index is 8.64. The predicted octanol–water partition coefficient (Wildman–Crippen LogP) is 1.95. The molecule has 1 aromatic carbocycles. The van der Waals surface area contributed by atoms with Crippen molar-refractivity contribution in [3.63, 3.8) is 0 Å². The quantitative estimate of drug-likeness (QED) is 0.681. The molecule has 0 atom stereocenters. The van der Waals surface area contributed by atoms with Crippen molar-refractivity contribution in [3.8, 4) is 6.07 Å². The summed E-state index contributed by atoms with van der Waals surface area (Å²) in [4.78, 5) is 4.40. The van der Waals surface area contributed by atoms with Gasteiger partial charge in [0.05, 0.1) is 23.5 Å². The molecule has 3 heteroatoms. The second-order valence-electron chi connectivity index (χ2n) is 3.36. The molecule has 0 unspecified atom stereocenters. The van der Waals surface area contributed by atoms with Crippen LogP contribution in [-0.2, 0) is 13.5 Å². The van der Waals surface area contributed by atoms with Gasteiger partial charge in [-0.15, -0.1) is 0 Å². The summed E-state index contributed by atoms with van der Waals surface area (Å²) in [7, 11) is 1.95. The SMILES string of the molecule is Cc1cccc2nc(CC#N)n(C)c12. The molecule has 3 nitrogen and oxygen atoms in total. The Morgan fingerprint density at radius 1 is 1.50 bits per heavy atom. The summed E-state index contributed by atoms with van der Waals surface area (Å²) >= 11 is 0. The van der Waals surface area contributed by atoms with Crippen LogP contribution in [0.1, 0.15) is 11.4 Å². The number of aromatic nitrogens is 2. The zero-order chi connectivity index (χ0) is 10.1. The number of benzene rings is 1. The molecule has 0 fully saturated rings. The maximum absolute atomic E-state index is 8.64. The maximum Gasteiger partial charge on any atom is 0.123 e. The molecule has 1 aromatic heterocycles. The van der Waals surface area contributed by atoms with Crippen molar-refractivity contribution in [2.75, 3.05) is 0 Å². The number of imidazole rings is 1. The van der Waals surface area contributed by atoms with Crippen LogP contribution in [-0.4, -0.2) is 9.55 Å². The first-order valence-corrected chi connectivity index (χ1v) is 4.52. The van der Waals surface area contributed by atoms with Gasteiger partial charge in [-0.2, -0.15) is 5.26 Å². The summed E-state index contributed by atoms with van der Waals surface area (Å²) in [6.45, 7) is 2.06. The van der Waals surface area contributed by atoms with Gasteiger partial charge in [0.1, 0.15) is 5.82 Å². The highest BCUT2D eigenvalue weighted by molar-refractivity contribution is 5.79. The lowest BCUT2D eigenvalue weighted by molar-refractivity contribution is 0.855. The third-order valence-electron chi connectivity index (χ3n) is 2.43. The van der Waals surface area contributed by atoms with Gasteiger partial charge in [-0.3, -0.25) is 0 Å². The lowest BCUT2D eigenvalue weighted by Gasteiger charge is -2.00. The molecule has 0 N–H and O–H groups in total. The number of rotatable bonds is 1. The average molecular weight is 185 g/mol. The molecule has 2 aromatic rings. The van der Waals surface area contributed by atoms with Gasteiger partial charge in [0.2, 0.25) is 0 Å². The van der Waals surface area contributed by atoms with Gasteiger partial charge >= 0.3 is 0 Å². The summed E-state index contributed by atoms with van der Waals surface area (Å²) in [5, 5.41) is 8.64. The minimum atomic E-state index is 0.366. The van der Waals surface area contributed by atoms with E-state index < -0.39 is 0 Å². The first-order chi connectivity index (χ1) is 6.74. The summed E-state index contributed by atoms with van der Waals surface area (Å²) in [6.07, 6.45) is 0.366. The van der Waals surface area contributed by atoms with E-state index >= 15 is 0 Å². The number of nitriles is 1. The van der Waals surface area contributed by atoms with Gasteiger partial charge in [0, 0.05) is 7.05 Å². The number of para-hydroxylation sites is 1. The van der Waals surface area contributed by atoms with E-state index in [1.54, 1.807) is 0 Å². The molecule has 0 radical (unpaired) electrons. The van der Waals surface area contributed by atoms with E-state index in [-0.39, 0.29) is 0 Å². The van der Waals surface area contributed by atoms with E-state index in [1.165, 1.54) is 5.56 Å². The molecule has 0 spiro atoms. The van der Waals surface area contributed by atoms with Gasteiger partial charge < -0.3 is 4.57 Å². The van der Waals surface area contributed by atoms with Crippen LogP contribution in [0.25, 0.3) is 11.0 Å². The molecule has 70 valence electrons. The zero-order valence-electron chi connectivity index (χ0n) is 8.28. The van der Waals surface area contributed by atoms with E-state index in [2.05, 4.69) is 24.0 Å². The van der Waals surface area contributed by atoms with Crippen molar-refractivity contribution in [1.29, 1.82) is 5.26 Å². The van der Waals surface area contributed by atoms with Crippen LogP contribution in [0, 0.1) is 18.3 Å². The zero-order valence-corrected chi connectivity index (χ0v) is 8.28. The Kier molecular flexibility index (Phi) is 1.97. The van der Waals surface area contributed by atoms with Gasteiger partial charge in [-0.25, -0.2) is 4.98 Å². The Balaban J connectivity index is 2.75. The molecular formula is C11H11N3. The van der Waals surface area contributed by atoms with Crippen LogP contribution in [0.3, 0.4) is 0 Å². The molecule has 2 rings (SSSR count). The molecule has 0 aliphatic heterocycles. The second kappa shape index (κ2) is 3.15. The van der Waals surface area contributed by atoms with E-state index in [0.717, 1.165) is 16.9 Å². The molecule has 0 saturated carbocycles. The van der Waals surface area contributed by atoms with Crippen molar-refractivity contribution in [1.82, 2.24) is 9.55 Å². The Bertz CT molecular complexity index is 517. The fraction of sp³-hybridized carbons (Fsp3) is 0.273. The molecule has 0 bridgehead atoms. The second-order valence-corrected chi connectivity index (χ2v) is 3.36. The van der Waals surface area contributed by atoms with Crippen LogP contribution >= 0.6 is 0 Å². The fourth-order valence-electron chi connectivity index (χ4n) is 1.74. The fourth-order valence-corrected chi connectivity index (χ4v) is 1.74. The summed E-state index contributed by atoms with van der Waals surface area (Å²) < 4.78 is 1.99. The third-order valence-corrected chi connectivity index (χ3v) is 2.43. The third kappa shape index (κ3) is 1.16. The van der Waals surface area contributed by atoms with Crippen molar-refractivity contribution >= 4 is 11.0 Å². The number of aryl methyl sites for hydroxylation is 2. The highest BCUT2D eigenvalue weighted by Crippen LogP contribution is 2.18. The van der Waals surface area contributed by atoms with E-state index in [1.807, 2.05) is 23.7 Å². The van der Waals surface area contributed by atoms with Crippen molar-refractivity contribution in [3.05, 3.63) is 29.6 Å². The number of hydrogen-bond donors (Lipinski definition) is 0. The lowest BCUT2D eigenvalue weighted by Crippen LogP contribution is -1.96. The van der Waals surface area contributed by atoms with Gasteiger partial charge in [-0.05, 0) is 18.6 Å². The van der Waals surface area contributed by atoms with E-state index in [9.17, 15) is 0 Å². The molecule has 14 heavy (non-hydrogen) atoms. The number of hydrogen-bond acceptors (Lipinski definition) is 2. The average Bonchev–Trinajstić information content (AvgIpc) is 2.46. The summed E-state index contributed by atoms with van der Waals surface area (Å²) in [5.74, 6) is 0.830. The molecular weight excluding hydrogens is 174 g/mol. The topological polar surface area (TPSA) is 41.6 Å². The van der Waals surface area contributed by atoms with Gasteiger partial charge in [-0.1, -0.05) is 12.1 Å². The largest absolute Gasteiger partial charge is 0.330 e. The predicted molar refractivity (Wildman–Crippen MR) is 54.8 cm³/mol. The van der Waals surface area contributed by atoms with Crippen LogP contribution < -0.4 is 0 Å². The molecule has 0 aliphatic carbocycles.